The Morgan fingerprint density at radius 3 is 2.83 bits per heavy atom. The second-order valence-corrected chi connectivity index (χ2v) is 5.20. The number of rotatable bonds is 4. The van der Waals surface area contributed by atoms with Crippen LogP contribution < -0.4 is 5.32 Å². The van der Waals surface area contributed by atoms with E-state index in [1.165, 1.54) is 11.1 Å². The zero-order valence-electron chi connectivity index (χ0n) is 10.8. The third-order valence-corrected chi connectivity index (χ3v) is 4.09. The normalized spacial score (nSPS) is 12.7. The Balaban J connectivity index is 2.25. The van der Waals surface area contributed by atoms with Gasteiger partial charge in [0.15, 0.2) is 0 Å². The second-order valence-electron chi connectivity index (χ2n) is 4.41. The van der Waals surface area contributed by atoms with Crippen molar-refractivity contribution in [1.29, 1.82) is 0 Å². The van der Waals surface area contributed by atoms with Crippen molar-refractivity contribution >= 4 is 15.9 Å². The Morgan fingerprint density at radius 2 is 2.22 bits per heavy atom. The van der Waals surface area contributed by atoms with Gasteiger partial charge in [0.1, 0.15) is 0 Å². The van der Waals surface area contributed by atoms with Crippen LogP contribution in [0.1, 0.15) is 22.9 Å². The summed E-state index contributed by atoms with van der Waals surface area (Å²) in [7, 11) is 3.85. The first-order chi connectivity index (χ1) is 8.61. The average molecular weight is 309 g/mol. The Bertz CT molecular complexity index is 536. The highest BCUT2D eigenvalue weighted by molar-refractivity contribution is 9.10. The average Bonchev–Trinajstić information content (AvgIpc) is 2.76. The number of likely N-dealkylation sites (N-methyl/N-ethyl adjacent to an activating group) is 1. The molecular formula is C13H17BrN4. The molecule has 0 spiro atoms. The lowest BCUT2D eigenvalue weighted by molar-refractivity contribution is 0.581. The Hall–Kier alpha value is -1.20. The zero-order chi connectivity index (χ0) is 13.1. The molecule has 1 N–H and O–H groups in total. The molecule has 5 heteroatoms. The molecule has 1 aromatic carbocycles. The first-order valence-corrected chi connectivity index (χ1v) is 6.68. The summed E-state index contributed by atoms with van der Waals surface area (Å²) in [5.74, 6) is 0. The molecular weight excluding hydrogens is 292 g/mol. The van der Waals surface area contributed by atoms with Gasteiger partial charge in [0.05, 0.1) is 5.69 Å². The molecule has 0 aliphatic rings. The number of hydrogen-bond acceptors (Lipinski definition) is 3. The molecule has 0 aliphatic carbocycles. The lowest BCUT2D eigenvalue weighted by Gasteiger charge is -2.18. The summed E-state index contributed by atoms with van der Waals surface area (Å²) >= 11 is 3.66. The van der Waals surface area contributed by atoms with Gasteiger partial charge in [-0.25, -0.2) is 0 Å². The van der Waals surface area contributed by atoms with Crippen LogP contribution >= 0.6 is 15.9 Å². The van der Waals surface area contributed by atoms with Crippen LogP contribution in [0.5, 0.6) is 0 Å². The molecule has 1 aromatic heterocycles. The number of benzene rings is 1. The molecule has 2 rings (SSSR count). The maximum atomic E-state index is 4.14. The van der Waals surface area contributed by atoms with E-state index in [1.807, 2.05) is 20.3 Å². The molecule has 0 aliphatic heterocycles. The van der Waals surface area contributed by atoms with Crippen LogP contribution in [0, 0.1) is 6.92 Å². The van der Waals surface area contributed by atoms with Crippen LogP contribution in [0.25, 0.3) is 0 Å². The van der Waals surface area contributed by atoms with Crippen molar-refractivity contribution in [3.05, 3.63) is 45.7 Å². The molecule has 1 heterocycles. The van der Waals surface area contributed by atoms with E-state index in [1.54, 1.807) is 4.68 Å². The van der Waals surface area contributed by atoms with E-state index in [0.717, 1.165) is 16.6 Å². The summed E-state index contributed by atoms with van der Waals surface area (Å²) < 4.78 is 2.89. The van der Waals surface area contributed by atoms with Crippen LogP contribution in [0.15, 0.2) is 28.9 Å². The van der Waals surface area contributed by atoms with E-state index < -0.39 is 0 Å². The molecule has 0 saturated heterocycles. The lowest BCUT2D eigenvalue weighted by atomic mass is 10.0. The molecule has 18 heavy (non-hydrogen) atoms. The van der Waals surface area contributed by atoms with E-state index in [9.17, 15) is 0 Å². The van der Waals surface area contributed by atoms with Gasteiger partial charge in [0, 0.05) is 30.2 Å². The fourth-order valence-corrected chi connectivity index (χ4v) is 2.55. The van der Waals surface area contributed by atoms with Crippen molar-refractivity contribution in [3.8, 4) is 0 Å². The molecule has 0 radical (unpaired) electrons. The lowest BCUT2D eigenvalue weighted by Crippen LogP contribution is -2.19. The third kappa shape index (κ3) is 2.79. The van der Waals surface area contributed by atoms with Crippen molar-refractivity contribution in [2.75, 3.05) is 7.05 Å². The van der Waals surface area contributed by atoms with Crippen LogP contribution in [-0.4, -0.2) is 22.0 Å². The van der Waals surface area contributed by atoms with Gasteiger partial charge in [-0.15, -0.1) is 5.10 Å². The van der Waals surface area contributed by atoms with Gasteiger partial charge in [-0.1, -0.05) is 39.3 Å². The van der Waals surface area contributed by atoms with E-state index in [2.05, 4.69) is 56.7 Å². The summed E-state index contributed by atoms with van der Waals surface area (Å²) in [6, 6.07) is 6.55. The Morgan fingerprint density at radius 1 is 1.44 bits per heavy atom. The molecule has 2 aromatic rings. The third-order valence-electron chi connectivity index (χ3n) is 3.01. The minimum atomic E-state index is 0.232. The summed E-state index contributed by atoms with van der Waals surface area (Å²) in [5, 5.41) is 11.4. The SMILES string of the molecule is CNC(Cc1cn(C)nn1)c1cccc(C)c1Br. The van der Waals surface area contributed by atoms with Gasteiger partial charge < -0.3 is 5.32 Å². The summed E-state index contributed by atoms with van der Waals surface area (Å²) in [6.45, 7) is 2.10. The number of aromatic nitrogens is 3. The quantitative estimate of drug-likeness (QED) is 0.943. The van der Waals surface area contributed by atoms with Gasteiger partial charge >= 0.3 is 0 Å². The molecule has 0 amide bonds. The van der Waals surface area contributed by atoms with Crippen LogP contribution in [0.2, 0.25) is 0 Å². The minimum Gasteiger partial charge on any atom is -0.313 e. The van der Waals surface area contributed by atoms with Gasteiger partial charge in [0.25, 0.3) is 0 Å². The van der Waals surface area contributed by atoms with Crippen LogP contribution in [0.3, 0.4) is 0 Å². The van der Waals surface area contributed by atoms with Crippen molar-refractivity contribution in [1.82, 2.24) is 20.3 Å². The molecule has 1 unspecified atom stereocenters. The molecule has 0 bridgehead atoms. The van der Waals surface area contributed by atoms with Gasteiger partial charge in [-0.2, -0.15) is 0 Å². The molecule has 4 nitrogen and oxygen atoms in total. The first-order valence-electron chi connectivity index (χ1n) is 5.89. The number of nitrogens with one attached hydrogen (secondary N) is 1. The number of halogens is 1. The fraction of sp³-hybridized carbons (Fsp3) is 0.385. The monoisotopic (exact) mass is 308 g/mol. The molecule has 96 valence electrons. The summed E-state index contributed by atoms with van der Waals surface area (Å²) in [6.07, 6.45) is 2.78. The van der Waals surface area contributed by atoms with Crippen molar-refractivity contribution in [2.24, 2.45) is 7.05 Å². The smallest absolute Gasteiger partial charge is 0.0845 e. The maximum Gasteiger partial charge on any atom is 0.0845 e. The second kappa shape index (κ2) is 5.63. The highest BCUT2D eigenvalue weighted by Gasteiger charge is 2.15. The number of nitrogens with zero attached hydrogens (tertiary/aromatic N) is 3. The summed E-state index contributed by atoms with van der Waals surface area (Å²) in [4.78, 5) is 0. The maximum absolute atomic E-state index is 4.14. The zero-order valence-corrected chi connectivity index (χ0v) is 12.4. The van der Waals surface area contributed by atoms with Gasteiger partial charge in [0.2, 0.25) is 0 Å². The predicted octanol–water partition coefficient (Wildman–Crippen LogP) is 2.39. The van der Waals surface area contributed by atoms with Crippen LogP contribution in [-0.2, 0) is 13.5 Å². The van der Waals surface area contributed by atoms with Gasteiger partial charge in [-0.3, -0.25) is 4.68 Å². The highest BCUT2D eigenvalue weighted by Crippen LogP contribution is 2.28. The molecule has 0 fully saturated rings. The van der Waals surface area contributed by atoms with E-state index >= 15 is 0 Å². The van der Waals surface area contributed by atoms with Gasteiger partial charge in [-0.05, 0) is 25.1 Å². The standard InChI is InChI=1S/C13H17BrN4/c1-9-5-4-6-11(13(9)14)12(15-2)7-10-8-18(3)17-16-10/h4-6,8,12,15H,7H2,1-3H3. The van der Waals surface area contributed by atoms with Crippen LogP contribution in [0.4, 0.5) is 0 Å². The van der Waals surface area contributed by atoms with E-state index in [0.29, 0.717) is 0 Å². The fourth-order valence-electron chi connectivity index (χ4n) is 2.00. The van der Waals surface area contributed by atoms with Crippen molar-refractivity contribution in [2.45, 2.75) is 19.4 Å². The Kier molecular flexibility index (Phi) is 4.14. The summed E-state index contributed by atoms with van der Waals surface area (Å²) in [5.41, 5.74) is 3.49. The molecule has 0 saturated carbocycles. The minimum absolute atomic E-state index is 0.232. The topological polar surface area (TPSA) is 42.7 Å². The first kappa shape index (κ1) is 13.2. The predicted molar refractivity (Wildman–Crippen MR) is 75.4 cm³/mol. The molecule has 1 atom stereocenters. The highest BCUT2D eigenvalue weighted by atomic mass is 79.9. The van der Waals surface area contributed by atoms with E-state index in [-0.39, 0.29) is 6.04 Å². The number of aryl methyl sites for hydroxylation is 2. The van der Waals surface area contributed by atoms with Crippen molar-refractivity contribution < 1.29 is 0 Å². The largest absolute Gasteiger partial charge is 0.313 e. The number of hydrogen-bond donors (Lipinski definition) is 1. The van der Waals surface area contributed by atoms with E-state index in [4.69, 9.17) is 0 Å². The Labute approximate surface area is 116 Å². The van der Waals surface area contributed by atoms with Crippen molar-refractivity contribution in [3.63, 3.8) is 0 Å².